The minimum absolute atomic E-state index is 0.0507. The highest BCUT2D eigenvalue weighted by Gasteiger charge is 2.12. The lowest BCUT2D eigenvalue weighted by Crippen LogP contribution is -2.33. The third kappa shape index (κ3) is 22.0. The van der Waals surface area contributed by atoms with Crippen molar-refractivity contribution in [2.24, 2.45) is 0 Å². The number of unbranched alkanes of at least 4 members (excludes halogenated alkanes) is 6. The monoisotopic (exact) mass is 541 g/mol. The van der Waals surface area contributed by atoms with Gasteiger partial charge in [0.2, 0.25) is 5.91 Å². The molecule has 0 saturated heterocycles. The second-order valence-electron chi connectivity index (χ2n) is 9.95. The highest BCUT2D eigenvalue weighted by atomic mass is 16.5. The zero-order valence-electron chi connectivity index (χ0n) is 24.7. The maximum atomic E-state index is 12.3. The van der Waals surface area contributed by atoms with Crippen LogP contribution in [0.15, 0.2) is 0 Å². The molecule has 0 heterocycles. The van der Waals surface area contributed by atoms with Crippen LogP contribution in [0.4, 0.5) is 0 Å². The van der Waals surface area contributed by atoms with Crippen LogP contribution >= 0.6 is 0 Å². The summed E-state index contributed by atoms with van der Waals surface area (Å²) in [6, 6.07) is 0. The van der Waals surface area contributed by atoms with Gasteiger partial charge in [-0.2, -0.15) is 0 Å². The van der Waals surface area contributed by atoms with Gasteiger partial charge in [0.15, 0.2) is 0 Å². The van der Waals surface area contributed by atoms with Crippen LogP contribution in [0.5, 0.6) is 0 Å². The molecule has 0 rings (SSSR count). The van der Waals surface area contributed by atoms with E-state index in [1.807, 2.05) is 0 Å². The molecule has 38 heavy (non-hydrogen) atoms. The average Bonchev–Trinajstić information content (AvgIpc) is 2.92. The van der Waals surface area contributed by atoms with Crippen LogP contribution in [0, 0.1) is 0 Å². The van der Waals surface area contributed by atoms with Crippen molar-refractivity contribution in [1.82, 2.24) is 15.1 Å². The Morgan fingerprint density at radius 2 is 1.03 bits per heavy atom. The summed E-state index contributed by atoms with van der Waals surface area (Å²) < 4.78 is 9.44. The molecule has 0 saturated carbocycles. The van der Waals surface area contributed by atoms with E-state index in [0.717, 1.165) is 70.9 Å². The Kier molecular flexibility index (Phi) is 24.0. The molecule has 0 aliphatic carbocycles. The third-order valence-corrected chi connectivity index (χ3v) is 6.69. The molecule has 0 aliphatic heterocycles. The Balaban J connectivity index is 3.90. The number of hydrogen-bond acceptors (Lipinski definition) is 8. The van der Waals surface area contributed by atoms with E-state index in [2.05, 4.69) is 29.0 Å². The summed E-state index contributed by atoms with van der Waals surface area (Å²) >= 11 is 0. The van der Waals surface area contributed by atoms with Gasteiger partial charge in [-0.3, -0.25) is 19.2 Å². The van der Waals surface area contributed by atoms with E-state index >= 15 is 0 Å². The van der Waals surface area contributed by atoms with Crippen molar-refractivity contribution < 1.29 is 28.7 Å². The first-order chi connectivity index (χ1) is 18.4. The van der Waals surface area contributed by atoms with Gasteiger partial charge in [-0.15, -0.1) is 0 Å². The van der Waals surface area contributed by atoms with E-state index in [9.17, 15) is 19.2 Å². The molecule has 222 valence electrons. The zero-order valence-corrected chi connectivity index (χ0v) is 24.7. The van der Waals surface area contributed by atoms with Crippen LogP contribution in [0.25, 0.3) is 0 Å². The first-order valence-corrected chi connectivity index (χ1v) is 14.7. The number of ketones is 1. The SMILES string of the molecule is CCCCN(CCC(=O)CCCCCCCNC(=O)CCN(CCCC)CCC(=O)OC)CCC(=O)OC. The van der Waals surface area contributed by atoms with Gasteiger partial charge in [0.25, 0.3) is 0 Å². The highest BCUT2D eigenvalue weighted by molar-refractivity contribution is 5.78. The molecular formula is C29H55N3O6. The van der Waals surface area contributed by atoms with Gasteiger partial charge in [0.1, 0.15) is 5.78 Å². The number of nitrogens with zero attached hydrogens (tertiary/aromatic N) is 2. The number of carbonyl (C=O) groups is 4. The van der Waals surface area contributed by atoms with E-state index < -0.39 is 0 Å². The Bertz CT molecular complexity index is 590. The van der Waals surface area contributed by atoms with E-state index in [1.165, 1.54) is 14.2 Å². The Morgan fingerprint density at radius 3 is 1.55 bits per heavy atom. The van der Waals surface area contributed by atoms with Crippen LogP contribution in [0.2, 0.25) is 0 Å². The number of esters is 2. The molecule has 0 spiro atoms. The topological polar surface area (TPSA) is 105 Å². The van der Waals surface area contributed by atoms with Crippen LogP contribution < -0.4 is 5.32 Å². The quantitative estimate of drug-likeness (QED) is 0.129. The molecule has 9 nitrogen and oxygen atoms in total. The third-order valence-electron chi connectivity index (χ3n) is 6.69. The molecule has 0 aromatic carbocycles. The summed E-state index contributed by atoms with van der Waals surface area (Å²) in [5.74, 6) is -0.0909. The number of ether oxygens (including phenoxy) is 2. The molecule has 0 aliphatic rings. The van der Waals surface area contributed by atoms with Gasteiger partial charge in [-0.05, 0) is 38.8 Å². The van der Waals surface area contributed by atoms with Crippen molar-refractivity contribution in [2.75, 3.05) is 60.0 Å². The van der Waals surface area contributed by atoms with Gasteiger partial charge in [0, 0.05) is 52.0 Å². The fourth-order valence-corrected chi connectivity index (χ4v) is 4.10. The lowest BCUT2D eigenvalue weighted by atomic mass is 10.1. The second-order valence-corrected chi connectivity index (χ2v) is 9.95. The average molecular weight is 542 g/mol. The number of amides is 1. The zero-order chi connectivity index (χ0) is 28.4. The molecule has 0 fully saturated rings. The number of nitrogens with one attached hydrogen (secondary N) is 1. The summed E-state index contributed by atoms with van der Waals surface area (Å²) in [6.45, 7) is 9.35. The number of carbonyl (C=O) groups excluding carboxylic acids is 4. The molecule has 0 aromatic rings. The summed E-state index contributed by atoms with van der Waals surface area (Å²) in [5.41, 5.74) is 0. The van der Waals surface area contributed by atoms with Crippen molar-refractivity contribution in [3.05, 3.63) is 0 Å². The molecule has 0 atom stereocenters. The van der Waals surface area contributed by atoms with Crippen molar-refractivity contribution in [1.29, 1.82) is 0 Å². The lowest BCUT2D eigenvalue weighted by molar-refractivity contribution is -0.141. The van der Waals surface area contributed by atoms with Gasteiger partial charge in [0.05, 0.1) is 27.1 Å². The molecular weight excluding hydrogens is 486 g/mol. The summed E-state index contributed by atoms with van der Waals surface area (Å²) in [4.78, 5) is 51.7. The molecule has 0 unspecified atom stereocenters. The van der Waals surface area contributed by atoms with Crippen molar-refractivity contribution >= 4 is 23.6 Å². The summed E-state index contributed by atoms with van der Waals surface area (Å²) in [5, 5.41) is 3.00. The minimum Gasteiger partial charge on any atom is -0.469 e. The highest BCUT2D eigenvalue weighted by Crippen LogP contribution is 2.08. The number of Topliss-reactive ketones (excluding diaryl/α,β-unsaturated/α-hetero) is 1. The number of hydrogen-bond donors (Lipinski definition) is 1. The molecule has 0 radical (unpaired) electrons. The predicted molar refractivity (Wildman–Crippen MR) is 151 cm³/mol. The first kappa shape index (κ1) is 36.0. The molecule has 0 aromatic heterocycles. The summed E-state index contributed by atoms with van der Waals surface area (Å²) in [6.07, 6.45) is 11.5. The Labute approximate surface area is 231 Å². The predicted octanol–water partition coefficient (Wildman–Crippen LogP) is 4.12. The van der Waals surface area contributed by atoms with Gasteiger partial charge >= 0.3 is 11.9 Å². The summed E-state index contributed by atoms with van der Waals surface area (Å²) in [7, 11) is 2.80. The number of rotatable bonds is 26. The van der Waals surface area contributed by atoms with E-state index in [0.29, 0.717) is 64.8 Å². The fraction of sp³-hybridized carbons (Fsp3) is 0.862. The lowest BCUT2D eigenvalue weighted by Gasteiger charge is -2.21. The Hall–Kier alpha value is -2.00. The van der Waals surface area contributed by atoms with E-state index in [4.69, 9.17) is 9.47 Å². The standard InChI is InChI=1S/C29H55N3O6/c1-5-7-20-31(24-17-28(35)37-3)22-15-26(33)14-12-10-9-11-13-19-30-27(34)16-23-32(21-8-6-2)25-18-29(36)38-4/h5-25H2,1-4H3,(H,30,34). The molecule has 1 N–H and O–H groups in total. The van der Waals surface area contributed by atoms with Crippen molar-refractivity contribution in [2.45, 2.75) is 104 Å². The smallest absolute Gasteiger partial charge is 0.306 e. The second kappa shape index (κ2) is 25.3. The number of methoxy groups -OCH3 is 2. The first-order valence-electron chi connectivity index (χ1n) is 14.7. The largest absolute Gasteiger partial charge is 0.469 e. The Morgan fingerprint density at radius 1 is 0.553 bits per heavy atom. The van der Waals surface area contributed by atoms with Gasteiger partial charge in [-0.1, -0.05) is 46.0 Å². The molecule has 1 amide bonds. The van der Waals surface area contributed by atoms with E-state index in [-0.39, 0.29) is 23.6 Å². The molecule has 0 bridgehead atoms. The van der Waals surface area contributed by atoms with Gasteiger partial charge in [-0.25, -0.2) is 0 Å². The normalized spacial score (nSPS) is 11.1. The van der Waals surface area contributed by atoms with E-state index in [1.54, 1.807) is 0 Å². The van der Waals surface area contributed by atoms with Crippen LogP contribution in [0.3, 0.4) is 0 Å². The van der Waals surface area contributed by atoms with Gasteiger partial charge < -0.3 is 24.6 Å². The van der Waals surface area contributed by atoms with Crippen LogP contribution in [0.1, 0.15) is 104 Å². The maximum absolute atomic E-state index is 12.3. The van der Waals surface area contributed by atoms with Crippen molar-refractivity contribution in [3.63, 3.8) is 0 Å². The fourth-order valence-electron chi connectivity index (χ4n) is 4.10. The minimum atomic E-state index is -0.221. The van der Waals surface area contributed by atoms with Crippen LogP contribution in [-0.4, -0.2) is 93.5 Å². The maximum Gasteiger partial charge on any atom is 0.306 e. The molecule has 9 heteroatoms. The van der Waals surface area contributed by atoms with Crippen LogP contribution in [-0.2, 0) is 28.7 Å². The van der Waals surface area contributed by atoms with Crippen molar-refractivity contribution in [3.8, 4) is 0 Å².